The molecule has 0 unspecified atom stereocenters. The highest BCUT2D eigenvalue weighted by Crippen LogP contribution is 2.22. The third-order valence-electron chi connectivity index (χ3n) is 5.42. The van der Waals surface area contributed by atoms with Gasteiger partial charge in [-0.2, -0.15) is 0 Å². The number of anilines is 1. The zero-order valence-corrected chi connectivity index (χ0v) is 24.1. The van der Waals surface area contributed by atoms with E-state index >= 15 is 0 Å². The number of benzene rings is 2. The molecule has 36 heavy (non-hydrogen) atoms. The van der Waals surface area contributed by atoms with Crippen LogP contribution in [0.5, 0.6) is 5.75 Å². The van der Waals surface area contributed by atoms with E-state index in [-0.39, 0.29) is 31.3 Å². The molecule has 0 spiro atoms. The van der Waals surface area contributed by atoms with Crippen molar-refractivity contribution < 1.29 is 22.7 Å². The summed E-state index contributed by atoms with van der Waals surface area (Å²) in [7, 11) is -2.02. The maximum atomic E-state index is 13.3. The van der Waals surface area contributed by atoms with Crippen LogP contribution in [-0.2, 0) is 26.2 Å². The number of carbonyl (C=O) groups excluding carboxylic acids is 2. The summed E-state index contributed by atoms with van der Waals surface area (Å²) in [6.07, 6.45) is 1.52. The predicted molar refractivity (Wildman–Crippen MR) is 146 cm³/mol. The highest BCUT2D eigenvalue weighted by Gasteiger charge is 2.28. The number of ether oxygens (including phenoxy) is 1. The zero-order valence-electron chi connectivity index (χ0n) is 21.7. The number of amides is 2. The third-order valence-corrected chi connectivity index (χ3v) is 7.11. The van der Waals surface area contributed by atoms with Gasteiger partial charge in [0.2, 0.25) is 21.8 Å². The van der Waals surface area contributed by atoms with Crippen molar-refractivity contribution in [2.75, 3.05) is 24.2 Å². The van der Waals surface area contributed by atoms with Gasteiger partial charge in [0.05, 0.1) is 19.1 Å². The third kappa shape index (κ3) is 9.13. The van der Waals surface area contributed by atoms with Crippen molar-refractivity contribution in [1.29, 1.82) is 0 Å². The summed E-state index contributed by atoms with van der Waals surface area (Å²) in [6.45, 7) is 7.75. The molecule has 198 valence electrons. The van der Waals surface area contributed by atoms with Crippen LogP contribution in [0.2, 0.25) is 0 Å². The van der Waals surface area contributed by atoms with Gasteiger partial charge in [0.15, 0.2) is 0 Å². The van der Waals surface area contributed by atoms with Gasteiger partial charge in [-0.25, -0.2) is 8.42 Å². The highest BCUT2D eigenvalue weighted by molar-refractivity contribution is 9.10. The molecular weight excluding hydrogens is 546 g/mol. The molecule has 0 saturated heterocycles. The second-order valence-electron chi connectivity index (χ2n) is 9.70. The van der Waals surface area contributed by atoms with E-state index in [1.54, 1.807) is 36.1 Å². The van der Waals surface area contributed by atoms with Crippen LogP contribution in [0.15, 0.2) is 53.0 Å². The molecular formula is C26H36BrN3O5S. The topological polar surface area (TPSA) is 96.0 Å². The second kappa shape index (κ2) is 12.6. The van der Waals surface area contributed by atoms with E-state index in [2.05, 4.69) is 21.2 Å². The Morgan fingerprint density at radius 3 is 2.28 bits per heavy atom. The Morgan fingerprint density at radius 2 is 1.75 bits per heavy atom. The number of nitrogens with one attached hydrogen (secondary N) is 1. The van der Waals surface area contributed by atoms with Gasteiger partial charge >= 0.3 is 0 Å². The molecule has 10 heteroatoms. The first-order valence-corrected chi connectivity index (χ1v) is 14.3. The Balaban J connectivity index is 2.18. The molecule has 0 saturated carbocycles. The molecule has 0 aliphatic carbocycles. The van der Waals surface area contributed by atoms with Gasteiger partial charge in [0, 0.05) is 29.5 Å². The Labute approximate surface area is 223 Å². The first-order chi connectivity index (χ1) is 16.7. The van der Waals surface area contributed by atoms with Gasteiger partial charge in [0.1, 0.15) is 11.8 Å². The van der Waals surface area contributed by atoms with Crippen molar-refractivity contribution in [3.05, 3.63) is 58.6 Å². The van der Waals surface area contributed by atoms with Crippen LogP contribution in [0, 0.1) is 0 Å². The fourth-order valence-electron chi connectivity index (χ4n) is 3.64. The van der Waals surface area contributed by atoms with Gasteiger partial charge < -0.3 is 15.0 Å². The number of hydrogen-bond acceptors (Lipinski definition) is 5. The number of rotatable bonds is 11. The van der Waals surface area contributed by atoms with Crippen molar-refractivity contribution in [3.63, 3.8) is 0 Å². The van der Waals surface area contributed by atoms with Gasteiger partial charge in [-0.05, 0) is 76.1 Å². The Morgan fingerprint density at radius 1 is 1.11 bits per heavy atom. The summed E-state index contributed by atoms with van der Waals surface area (Å²) < 4.78 is 32.2. The van der Waals surface area contributed by atoms with Gasteiger partial charge in [-0.15, -0.1) is 0 Å². The van der Waals surface area contributed by atoms with E-state index in [0.717, 1.165) is 16.3 Å². The smallest absolute Gasteiger partial charge is 0.242 e. The summed E-state index contributed by atoms with van der Waals surface area (Å²) in [5.41, 5.74) is 0.934. The number of halogens is 1. The zero-order chi connectivity index (χ0) is 27.1. The molecule has 1 atom stereocenters. The largest absolute Gasteiger partial charge is 0.497 e. The maximum Gasteiger partial charge on any atom is 0.242 e. The van der Waals surface area contributed by atoms with E-state index in [4.69, 9.17) is 4.74 Å². The van der Waals surface area contributed by atoms with Gasteiger partial charge in [0.25, 0.3) is 0 Å². The number of methoxy groups -OCH3 is 1. The lowest BCUT2D eigenvalue weighted by Crippen LogP contribution is -2.52. The van der Waals surface area contributed by atoms with Crippen LogP contribution in [0.4, 0.5) is 5.69 Å². The summed E-state index contributed by atoms with van der Waals surface area (Å²) in [6, 6.07) is 13.6. The fraction of sp³-hybridized carbons (Fsp3) is 0.462. The minimum Gasteiger partial charge on any atom is -0.497 e. The van der Waals surface area contributed by atoms with Crippen LogP contribution >= 0.6 is 15.9 Å². The van der Waals surface area contributed by atoms with Crippen molar-refractivity contribution in [2.45, 2.75) is 58.7 Å². The molecule has 0 bridgehead atoms. The highest BCUT2D eigenvalue weighted by atomic mass is 79.9. The molecule has 0 heterocycles. The molecule has 0 aliphatic heterocycles. The van der Waals surface area contributed by atoms with Crippen molar-refractivity contribution >= 4 is 43.5 Å². The second-order valence-corrected chi connectivity index (χ2v) is 12.5. The van der Waals surface area contributed by atoms with E-state index in [1.807, 2.05) is 45.0 Å². The molecule has 2 rings (SSSR count). The molecule has 2 amide bonds. The van der Waals surface area contributed by atoms with Crippen LogP contribution in [0.3, 0.4) is 0 Å². The van der Waals surface area contributed by atoms with E-state index in [1.165, 1.54) is 11.4 Å². The minimum atomic E-state index is -3.56. The molecule has 2 aromatic rings. The lowest BCUT2D eigenvalue weighted by molar-refractivity contribution is -0.141. The van der Waals surface area contributed by atoms with E-state index in [0.29, 0.717) is 17.9 Å². The Bertz CT molecular complexity index is 1150. The van der Waals surface area contributed by atoms with Crippen LogP contribution in [0.25, 0.3) is 0 Å². The molecule has 8 nitrogen and oxygen atoms in total. The first kappa shape index (κ1) is 29.6. The van der Waals surface area contributed by atoms with Gasteiger partial charge in [-0.3, -0.25) is 13.9 Å². The average Bonchev–Trinajstić information content (AvgIpc) is 2.78. The quantitative estimate of drug-likeness (QED) is 0.426. The number of nitrogens with zero attached hydrogens (tertiary/aromatic N) is 2. The van der Waals surface area contributed by atoms with Crippen LogP contribution in [-0.4, -0.2) is 56.6 Å². The average molecular weight is 583 g/mol. The Hall–Kier alpha value is -2.59. The predicted octanol–water partition coefficient (Wildman–Crippen LogP) is 4.34. The number of sulfonamides is 1. The summed E-state index contributed by atoms with van der Waals surface area (Å²) in [4.78, 5) is 27.8. The minimum absolute atomic E-state index is 0.0866. The summed E-state index contributed by atoms with van der Waals surface area (Å²) in [5, 5.41) is 2.94. The fourth-order valence-corrected chi connectivity index (χ4v) is 5.05. The van der Waals surface area contributed by atoms with Crippen LogP contribution in [0.1, 0.15) is 46.1 Å². The van der Waals surface area contributed by atoms with E-state index < -0.39 is 21.6 Å². The maximum absolute atomic E-state index is 13.3. The summed E-state index contributed by atoms with van der Waals surface area (Å²) >= 11 is 3.45. The standard InChI is InChI=1S/C26H36BrN3O5S/c1-19(25(32)28-26(2,3)4)29(18-20-9-7-10-21(27)17-20)24(31)11-8-16-30(36(6,33)34)22-12-14-23(35-5)15-13-22/h7,9-10,12-15,17,19H,8,11,16,18H2,1-6H3,(H,28,32)/t19-/m1/s1. The normalized spacial score (nSPS) is 12.5. The van der Waals surface area contributed by atoms with Crippen LogP contribution < -0.4 is 14.4 Å². The van der Waals surface area contributed by atoms with Crippen molar-refractivity contribution in [3.8, 4) is 5.75 Å². The molecule has 0 radical (unpaired) electrons. The van der Waals surface area contributed by atoms with Crippen molar-refractivity contribution in [1.82, 2.24) is 10.2 Å². The molecule has 0 fully saturated rings. The lowest BCUT2D eigenvalue weighted by Gasteiger charge is -2.32. The first-order valence-electron chi connectivity index (χ1n) is 11.7. The van der Waals surface area contributed by atoms with Gasteiger partial charge in [-0.1, -0.05) is 28.1 Å². The molecule has 0 aromatic heterocycles. The lowest BCUT2D eigenvalue weighted by atomic mass is 10.1. The molecule has 1 N–H and O–H groups in total. The number of carbonyl (C=O) groups is 2. The number of hydrogen-bond donors (Lipinski definition) is 1. The van der Waals surface area contributed by atoms with Crippen molar-refractivity contribution in [2.24, 2.45) is 0 Å². The monoisotopic (exact) mass is 581 g/mol. The Kier molecular flexibility index (Phi) is 10.4. The SMILES string of the molecule is COc1ccc(N(CCCC(=O)N(Cc2cccc(Br)c2)[C@H](C)C(=O)NC(C)(C)C)S(C)(=O)=O)cc1. The summed E-state index contributed by atoms with van der Waals surface area (Å²) in [5.74, 6) is 0.143. The molecule has 2 aromatic carbocycles. The molecule has 0 aliphatic rings. The van der Waals surface area contributed by atoms with E-state index in [9.17, 15) is 18.0 Å².